The van der Waals surface area contributed by atoms with E-state index >= 15 is 0 Å². The minimum Gasteiger partial charge on any atom is -0.491 e. The Kier molecular flexibility index (Phi) is 4.41. The first-order valence-corrected chi connectivity index (χ1v) is 8.46. The second kappa shape index (κ2) is 5.93. The number of benzene rings is 1. The fourth-order valence-electron chi connectivity index (χ4n) is 2.27. The molecule has 2 rings (SSSR count). The third-order valence-corrected chi connectivity index (χ3v) is 5.02. The highest BCUT2D eigenvalue weighted by molar-refractivity contribution is 7.92. The molecule has 0 radical (unpaired) electrons. The zero-order valence-corrected chi connectivity index (χ0v) is 12.9. The molecule has 0 unspecified atom stereocenters. The first kappa shape index (κ1) is 15.6. The van der Waals surface area contributed by atoms with Crippen LogP contribution in [0.3, 0.4) is 0 Å². The first-order valence-electron chi connectivity index (χ1n) is 6.85. The summed E-state index contributed by atoms with van der Waals surface area (Å²) in [5.74, 6) is -0.662. The van der Waals surface area contributed by atoms with Gasteiger partial charge < -0.3 is 9.84 Å². The molecule has 1 fully saturated rings. The Bertz CT molecular complexity index is 639. The summed E-state index contributed by atoms with van der Waals surface area (Å²) in [7, 11) is -3.38. The average Bonchev–Trinajstić information content (AvgIpc) is 2.36. The molecule has 0 saturated carbocycles. The zero-order chi connectivity index (χ0) is 15.6. The second-order valence-electron chi connectivity index (χ2n) is 5.28. The van der Waals surface area contributed by atoms with Crippen LogP contribution < -0.4 is 9.04 Å². The summed E-state index contributed by atoms with van der Waals surface area (Å²) in [5, 5.41) is 9.17. The smallest absolute Gasteiger partial charge is 0.335 e. The van der Waals surface area contributed by atoms with Crippen LogP contribution >= 0.6 is 0 Å². The van der Waals surface area contributed by atoms with Gasteiger partial charge in [-0.1, -0.05) is 0 Å². The standard InChI is InChI=1S/C14H19NO5S/c1-10(2)20-13-8-11(14(16)17)7-12(9-13)15-5-3-4-6-21(15,18)19/h7-10H,3-6H2,1-2H3,(H,16,17). The molecule has 1 aliphatic rings. The largest absolute Gasteiger partial charge is 0.491 e. The van der Waals surface area contributed by atoms with E-state index < -0.39 is 16.0 Å². The van der Waals surface area contributed by atoms with Crippen molar-refractivity contribution in [1.29, 1.82) is 0 Å². The summed E-state index contributed by atoms with van der Waals surface area (Å²) in [6, 6.07) is 4.36. The monoisotopic (exact) mass is 313 g/mol. The maximum absolute atomic E-state index is 12.1. The Morgan fingerprint density at radius 3 is 2.57 bits per heavy atom. The van der Waals surface area contributed by atoms with Gasteiger partial charge in [-0.25, -0.2) is 13.2 Å². The summed E-state index contributed by atoms with van der Waals surface area (Å²) >= 11 is 0. The van der Waals surface area contributed by atoms with Crippen LogP contribution in [-0.4, -0.2) is 37.9 Å². The molecule has 0 atom stereocenters. The lowest BCUT2D eigenvalue weighted by molar-refractivity contribution is 0.0696. The second-order valence-corrected chi connectivity index (χ2v) is 7.30. The minimum absolute atomic E-state index is 0.0175. The fraction of sp³-hybridized carbons (Fsp3) is 0.500. The van der Waals surface area contributed by atoms with Gasteiger partial charge in [-0.3, -0.25) is 4.31 Å². The van der Waals surface area contributed by atoms with E-state index in [-0.39, 0.29) is 17.4 Å². The number of nitrogens with zero attached hydrogens (tertiary/aromatic N) is 1. The van der Waals surface area contributed by atoms with Crippen LogP contribution in [0, 0.1) is 0 Å². The summed E-state index contributed by atoms with van der Waals surface area (Å²) in [4.78, 5) is 11.2. The predicted octanol–water partition coefficient (Wildman–Crippen LogP) is 2.10. The Balaban J connectivity index is 2.46. The molecule has 116 valence electrons. The van der Waals surface area contributed by atoms with Crippen molar-refractivity contribution in [2.75, 3.05) is 16.6 Å². The van der Waals surface area contributed by atoms with Crippen molar-refractivity contribution >= 4 is 21.7 Å². The molecule has 0 spiro atoms. The Morgan fingerprint density at radius 2 is 2.00 bits per heavy atom. The van der Waals surface area contributed by atoms with Crippen LogP contribution in [-0.2, 0) is 10.0 Å². The molecule has 0 aliphatic carbocycles. The van der Waals surface area contributed by atoms with Gasteiger partial charge in [0.25, 0.3) is 0 Å². The SMILES string of the molecule is CC(C)Oc1cc(C(=O)O)cc(N2CCCCS2(=O)=O)c1. The van der Waals surface area contributed by atoms with E-state index in [9.17, 15) is 18.3 Å². The van der Waals surface area contributed by atoms with Crippen molar-refractivity contribution in [3.05, 3.63) is 23.8 Å². The number of rotatable bonds is 4. The molecule has 0 amide bonds. The lowest BCUT2D eigenvalue weighted by Gasteiger charge is -2.29. The molecular formula is C14H19NO5S. The van der Waals surface area contributed by atoms with Crippen molar-refractivity contribution in [2.24, 2.45) is 0 Å². The van der Waals surface area contributed by atoms with Gasteiger partial charge in [0.2, 0.25) is 10.0 Å². The topological polar surface area (TPSA) is 83.9 Å². The number of carboxylic acid groups (broad SMARTS) is 1. The molecule has 0 aromatic heterocycles. The molecule has 7 heteroatoms. The van der Waals surface area contributed by atoms with Crippen molar-refractivity contribution in [3.8, 4) is 5.75 Å². The van der Waals surface area contributed by atoms with Gasteiger partial charge in [0, 0.05) is 12.6 Å². The van der Waals surface area contributed by atoms with Gasteiger partial charge in [-0.2, -0.15) is 0 Å². The van der Waals surface area contributed by atoms with E-state index in [2.05, 4.69) is 0 Å². The van der Waals surface area contributed by atoms with Gasteiger partial charge in [-0.05, 0) is 38.8 Å². The van der Waals surface area contributed by atoms with Crippen LogP contribution in [0.25, 0.3) is 0 Å². The number of sulfonamides is 1. The van der Waals surface area contributed by atoms with E-state index in [1.165, 1.54) is 16.4 Å². The zero-order valence-electron chi connectivity index (χ0n) is 12.1. The number of hydrogen-bond acceptors (Lipinski definition) is 4. The summed E-state index contributed by atoms with van der Waals surface area (Å²) in [6.45, 7) is 4.02. The predicted molar refractivity (Wildman–Crippen MR) is 79.5 cm³/mol. The van der Waals surface area contributed by atoms with Crippen molar-refractivity contribution in [2.45, 2.75) is 32.8 Å². The molecular weight excluding hydrogens is 294 g/mol. The van der Waals surface area contributed by atoms with Crippen LogP contribution in [0.2, 0.25) is 0 Å². The Morgan fingerprint density at radius 1 is 1.29 bits per heavy atom. The lowest BCUT2D eigenvalue weighted by Crippen LogP contribution is -2.38. The van der Waals surface area contributed by atoms with Crippen molar-refractivity contribution in [1.82, 2.24) is 0 Å². The molecule has 1 N–H and O–H groups in total. The van der Waals surface area contributed by atoms with E-state index in [1.807, 2.05) is 13.8 Å². The fourth-order valence-corrected chi connectivity index (χ4v) is 3.89. The lowest BCUT2D eigenvalue weighted by atomic mass is 10.2. The normalized spacial score (nSPS) is 17.8. The number of hydrogen-bond donors (Lipinski definition) is 1. The van der Waals surface area contributed by atoms with Crippen LogP contribution in [0.5, 0.6) is 5.75 Å². The number of ether oxygens (including phenoxy) is 1. The van der Waals surface area contributed by atoms with Gasteiger partial charge in [0.1, 0.15) is 5.75 Å². The summed E-state index contributed by atoms with van der Waals surface area (Å²) in [5.41, 5.74) is 0.370. The molecule has 1 aromatic carbocycles. The highest BCUT2D eigenvalue weighted by Gasteiger charge is 2.27. The van der Waals surface area contributed by atoms with Crippen LogP contribution in [0.4, 0.5) is 5.69 Å². The van der Waals surface area contributed by atoms with E-state index in [1.54, 1.807) is 6.07 Å². The molecule has 6 nitrogen and oxygen atoms in total. The van der Waals surface area contributed by atoms with Crippen molar-refractivity contribution in [3.63, 3.8) is 0 Å². The molecule has 1 aromatic rings. The summed E-state index contributed by atoms with van der Waals surface area (Å²) in [6.07, 6.45) is 1.27. The molecule has 1 saturated heterocycles. The third kappa shape index (κ3) is 3.66. The molecule has 1 heterocycles. The van der Waals surface area contributed by atoms with Crippen LogP contribution in [0.1, 0.15) is 37.0 Å². The molecule has 0 bridgehead atoms. The van der Waals surface area contributed by atoms with E-state index in [0.29, 0.717) is 24.4 Å². The van der Waals surface area contributed by atoms with E-state index in [0.717, 1.165) is 6.42 Å². The Hall–Kier alpha value is -1.76. The van der Waals surface area contributed by atoms with Crippen LogP contribution in [0.15, 0.2) is 18.2 Å². The van der Waals surface area contributed by atoms with E-state index in [4.69, 9.17) is 4.74 Å². The third-order valence-electron chi connectivity index (χ3n) is 3.15. The highest BCUT2D eigenvalue weighted by atomic mass is 32.2. The van der Waals surface area contributed by atoms with Gasteiger partial charge in [-0.15, -0.1) is 0 Å². The number of carbonyl (C=O) groups is 1. The Labute approximate surface area is 124 Å². The first-order chi connectivity index (χ1) is 9.79. The molecule has 21 heavy (non-hydrogen) atoms. The molecule has 1 aliphatic heterocycles. The maximum atomic E-state index is 12.1. The number of anilines is 1. The summed E-state index contributed by atoms with van der Waals surface area (Å²) < 4.78 is 31.1. The quantitative estimate of drug-likeness (QED) is 0.920. The van der Waals surface area contributed by atoms with Crippen molar-refractivity contribution < 1.29 is 23.1 Å². The van der Waals surface area contributed by atoms with Gasteiger partial charge >= 0.3 is 5.97 Å². The minimum atomic E-state index is -3.38. The van der Waals surface area contributed by atoms with Gasteiger partial charge in [0.15, 0.2) is 0 Å². The maximum Gasteiger partial charge on any atom is 0.335 e. The average molecular weight is 313 g/mol. The number of carboxylic acids is 1. The number of aromatic carboxylic acids is 1. The highest BCUT2D eigenvalue weighted by Crippen LogP contribution is 2.29. The van der Waals surface area contributed by atoms with Gasteiger partial charge in [0.05, 0.1) is 23.1 Å².